The Balaban J connectivity index is 2.29. The Morgan fingerprint density at radius 3 is 2.16 bits per heavy atom. The zero-order valence-electron chi connectivity index (χ0n) is 10.6. The minimum absolute atomic E-state index is 0.483. The molecule has 2 aromatic rings. The quantitative estimate of drug-likeness (QED) is 0.541. The molecule has 0 aliphatic carbocycles. The van der Waals surface area contributed by atoms with Crippen LogP contribution in [-0.2, 0) is 5.88 Å². The van der Waals surface area contributed by atoms with Crippen molar-refractivity contribution in [2.75, 3.05) is 0 Å². The van der Waals surface area contributed by atoms with Crippen LogP contribution in [0.15, 0.2) is 39.3 Å². The van der Waals surface area contributed by atoms with Crippen molar-refractivity contribution in [2.45, 2.75) is 19.7 Å². The van der Waals surface area contributed by atoms with Crippen LogP contribution in [0.4, 0.5) is 0 Å². The molecule has 0 spiro atoms. The maximum absolute atomic E-state index is 5.88. The van der Waals surface area contributed by atoms with E-state index in [-0.39, 0.29) is 0 Å². The molecule has 0 unspecified atom stereocenters. The van der Waals surface area contributed by atoms with Crippen LogP contribution in [0.1, 0.15) is 16.7 Å². The molecule has 2 rings (SSSR count). The van der Waals surface area contributed by atoms with Crippen molar-refractivity contribution in [1.82, 2.24) is 0 Å². The summed E-state index contributed by atoms with van der Waals surface area (Å²) in [5.74, 6) is 2.11. The topological polar surface area (TPSA) is 9.23 Å². The molecule has 0 fully saturated rings. The first-order valence-electron chi connectivity index (χ1n) is 5.80. The Kier molecular flexibility index (Phi) is 4.93. The molecule has 0 saturated heterocycles. The molecule has 0 N–H and O–H groups in total. The molecule has 0 saturated carbocycles. The van der Waals surface area contributed by atoms with Crippen molar-refractivity contribution >= 4 is 43.5 Å². The molecule has 100 valence electrons. The van der Waals surface area contributed by atoms with Crippen LogP contribution < -0.4 is 4.74 Å². The van der Waals surface area contributed by atoms with Gasteiger partial charge in [-0.2, -0.15) is 0 Å². The molecule has 19 heavy (non-hydrogen) atoms. The third-order valence-electron chi connectivity index (χ3n) is 2.81. The molecule has 0 aliphatic rings. The normalized spacial score (nSPS) is 10.6. The standard InChI is InChI=1S/C15H13Br2ClO/c1-9-5-13(6-10(2)15(9)17)19-12-4-3-11(8-18)14(16)7-12/h3-7H,8H2,1-2H3. The fourth-order valence-corrected chi connectivity index (χ4v) is 2.92. The zero-order chi connectivity index (χ0) is 14.0. The zero-order valence-corrected chi connectivity index (χ0v) is 14.6. The van der Waals surface area contributed by atoms with Crippen molar-refractivity contribution in [3.05, 3.63) is 56.0 Å². The van der Waals surface area contributed by atoms with Gasteiger partial charge in [0.15, 0.2) is 0 Å². The number of alkyl halides is 1. The van der Waals surface area contributed by atoms with Crippen LogP contribution in [0.3, 0.4) is 0 Å². The summed E-state index contributed by atoms with van der Waals surface area (Å²) in [5.41, 5.74) is 3.37. The summed E-state index contributed by atoms with van der Waals surface area (Å²) in [6.45, 7) is 4.10. The monoisotopic (exact) mass is 402 g/mol. The van der Waals surface area contributed by atoms with Gasteiger partial charge in [0, 0.05) is 14.8 Å². The highest BCUT2D eigenvalue weighted by Gasteiger charge is 2.06. The summed E-state index contributed by atoms with van der Waals surface area (Å²) >= 11 is 12.9. The lowest BCUT2D eigenvalue weighted by Crippen LogP contribution is -1.89. The van der Waals surface area contributed by atoms with Gasteiger partial charge in [0.25, 0.3) is 0 Å². The Bertz CT molecular complexity index is 588. The Morgan fingerprint density at radius 1 is 1.00 bits per heavy atom. The minimum Gasteiger partial charge on any atom is -0.457 e. The second-order valence-corrected chi connectivity index (χ2v) is 6.27. The van der Waals surface area contributed by atoms with Gasteiger partial charge in [-0.25, -0.2) is 0 Å². The van der Waals surface area contributed by atoms with E-state index in [4.69, 9.17) is 16.3 Å². The molecule has 2 aromatic carbocycles. The Morgan fingerprint density at radius 2 is 1.63 bits per heavy atom. The molecule has 0 aromatic heterocycles. The van der Waals surface area contributed by atoms with E-state index < -0.39 is 0 Å². The molecule has 1 nitrogen and oxygen atoms in total. The minimum atomic E-state index is 0.483. The van der Waals surface area contributed by atoms with Gasteiger partial charge < -0.3 is 4.74 Å². The van der Waals surface area contributed by atoms with Gasteiger partial charge in [-0.3, -0.25) is 0 Å². The molecule has 0 heterocycles. The molecular weight excluding hydrogens is 391 g/mol. The highest BCUT2D eigenvalue weighted by Crippen LogP contribution is 2.31. The van der Waals surface area contributed by atoms with E-state index >= 15 is 0 Å². The van der Waals surface area contributed by atoms with Crippen molar-refractivity contribution in [1.29, 1.82) is 0 Å². The summed E-state index contributed by atoms with van der Waals surface area (Å²) in [6.07, 6.45) is 0. The van der Waals surface area contributed by atoms with E-state index in [9.17, 15) is 0 Å². The van der Waals surface area contributed by atoms with Gasteiger partial charge in [0.2, 0.25) is 0 Å². The second kappa shape index (κ2) is 6.29. The molecule has 0 radical (unpaired) electrons. The average molecular weight is 405 g/mol. The first kappa shape index (κ1) is 14.9. The largest absolute Gasteiger partial charge is 0.457 e. The summed E-state index contributed by atoms with van der Waals surface area (Å²) in [6, 6.07) is 9.85. The van der Waals surface area contributed by atoms with Gasteiger partial charge in [-0.1, -0.05) is 37.9 Å². The Labute approximate surface area is 135 Å². The van der Waals surface area contributed by atoms with Crippen molar-refractivity contribution < 1.29 is 4.74 Å². The predicted molar refractivity (Wildman–Crippen MR) is 87.4 cm³/mol. The van der Waals surface area contributed by atoms with E-state index in [2.05, 4.69) is 45.7 Å². The summed E-state index contributed by atoms with van der Waals surface area (Å²) < 4.78 is 7.97. The van der Waals surface area contributed by atoms with Crippen LogP contribution in [0.2, 0.25) is 0 Å². The number of benzene rings is 2. The third kappa shape index (κ3) is 3.53. The van der Waals surface area contributed by atoms with E-state index in [1.807, 2.05) is 30.3 Å². The molecule has 0 amide bonds. The number of hydrogen-bond donors (Lipinski definition) is 0. The van der Waals surface area contributed by atoms with E-state index in [0.717, 1.165) is 37.1 Å². The van der Waals surface area contributed by atoms with E-state index in [1.165, 1.54) is 0 Å². The van der Waals surface area contributed by atoms with Crippen LogP contribution in [0.25, 0.3) is 0 Å². The van der Waals surface area contributed by atoms with E-state index in [0.29, 0.717) is 5.88 Å². The number of halogens is 3. The van der Waals surface area contributed by atoms with Crippen molar-refractivity contribution in [2.24, 2.45) is 0 Å². The molecule has 0 aliphatic heterocycles. The lowest BCUT2D eigenvalue weighted by atomic mass is 10.1. The molecule has 0 bridgehead atoms. The highest BCUT2D eigenvalue weighted by atomic mass is 79.9. The third-order valence-corrected chi connectivity index (χ3v) is 5.09. The van der Waals surface area contributed by atoms with Crippen molar-refractivity contribution in [3.8, 4) is 11.5 Å². The van der Waals surface area contributed by atoms with Gasteiger partial charge in [0.1, 0.15) is 11.5 Å². The molecule has 4 heteroatoms. The van der Waals surface area contributed by atoms with Crippen LogP contribution in [-0.4, -0.2) is 0 Å². The fourth-order valence-electron chi connectivity index (χ4n) is 1.80. The first-order valence-corrected chi connectivity index (χ1v) is 7.92. The number of rotatable bonds is 3. The molecule has 0 atom stereocenters. The van der Waals surface area contributed by atoms with Crippen LogP contribution in [0.5, 0.6) is 11.5 Å². The van der Waals surface area contributed by atoms with Gasteiger partial charge in [0.05, 0.1) is 0 Å². The lowest BCUT2D eigenvalue weighted by molar-refractivity contribution is 0.481. The number of ether oxygens (including phenoxy) is 1. The maximum Gasteiger partial charge on any atom is 0.128 e. The predicted octanol–water partition coefficient (Wildman–Crippen LogP) is 6.36. The van der Waals surface area contributed by atoms with Gasteiger partial charge >= 0.3 is 0 Å². The van der Waals surface area contributed by atoms with Crippen molar-refractivity contribution in [3.63, 3.8) is 0 Å². The fraction of sp³-hybridized carbons (Fsp3) is 0.200. The van der Waals surface area contributed by atoms with Crippen LogP contribution in [0, 0.1) is 13.8 Å². The summed E-state index contributed by atoms with van der Waals surface area (Å²) in [5, 5.41) is 0. The second-order valence-electron chi connectivity index (χ2n) is 4.36. The number of aryl methyl sites for hydroxylation is 2. The summed E-state index contributed by atoms with van der Waals surface area (Å²) in [7, 11) is 0. The first-order chi connectivity index (χ1) is 9.01. The average Bonchev–Trinajstić information content (AvgIpc) is 2.36. The molecular formula is C15H13Br2ClO. The van der Waals surface area contributed by atoms with E-state index in [1.54, 1.807) is 0 Å². The number of hydrogen-bond acceptors (Lipinski definition) is 1. The van der Waals surface area contributed by atoms with Crippen LogP contribution >= 0.6 is 43.5 Å². The maximum atomic E-state index is 5.88. The van der Waals surface area contributed by atoms with Gasteiger partial charge in [-0.05, 0) is 54.8 Å². The smallest absolute Gasteiger partial charge is 0.128 e. The Hall–Kier alpha value is -0.510. The SMILES string of the molecule is Cc1cc(Oc2ccc(CCl)c(Br)c2)cc(C)c1Br. The van der Waals surface area contributed by atoms with Gasteiger partial charge in [-0.15, -0.1) is 11.6 Å². The lowest BCUT2D eigenvalue weighted by Gasteiger charge is -2.11. The summed E-state index contributed by atoms with van der Waals surface area (Å²) in [4.78, 5) is 0. The highest BCUT2D eigenvalue weighted by molar-refractivity contribution is 9.10.